The van der Waals surface area contributed by atoms with E-state index in [4.69, 9.17) is 0 Å². The molecule has 2 aliphatic heterocycles. The van der Waals surface area contributed by atoms with E-state index in [0.717, 1.165) is 25.7 Å². The number of hydrogen-bond acceptors (Lipinski definition) is 3. The van der Waals surface area contributed by atoms with Crippen molar-refractivity contribution in [1.82, 2.24) is 9.21 Å². The molecule has 5 nitrogen and oxygen atoms in total. The maximum absolute atomic E-state index is 13.0. The Bertz CT molecular complexity index is 786. The van der Waals surface area contributed by atoms with Crippen LogP contribution in [0.2, 0.25) is 0 Å². The number of carbonyl (C=O) groups is 1. The highest BCUT2D eigenvalue weighted by Gasteiger charge is 2.42. The van der Waals surface area contributed by atoms with Crippen molar-refractivity contribution in [1.29, 1.82) is 0 Å². The van der Waals surface area contributed by atoms with Gasteiger partial charge in [-0.15, -0.1) is 0 Å². The van der Waals surface area contributed by atoms with Gasteiger partial charge in [-0.1, -0.05) is 12.8 Å². The third kappa shape index (κ3) is 4.68. The van der Waals surface area contributed by atoms with Crippen molar-refractivity contribution in [3.63, 3.8) is 0 Å². The van der Waals surface area contributed by atoms with Gasteiger partial charge in [-0.05, 0) is 49.9 Å². The molecule has 0 unspecified atom stereocenters. The minimum Gasteiger partial charge on any atom is -0.338 e. The number of halogens is 3. The number of nitrogens with zero attached hydrogens (tertiary/aromatic N) is 2. The van der Waals surface area contributed by atoms with Gasteiger partial charge in [0.1, 0.15) is 0 Å². The summed E-state index contributed by atoms with van der Waals surface area (Å²) in [6.07, 6.45) is -0.319. The van der Waals surface area contributed by atoms with E-state index in [9.17, 15) is 26.4 Å². The van der Waals surface area contributed by atoms with E-state index in [1.165, 1.54) is 33.5 Å². The summed E-state index contributed by atoms with van der Waals surface area (Å²) >= 11 is 0. The van der Waals surface area contributed by atoms with Crippen LogP contribution in [-0.4, -0.2) is 55.9 Å². The van der Waals surface area contributed by atoms with Crippen LogP contribution >= 0.6 is 0 Å². The molecule has 0 radical (unpaired) electrons. The monoisotopic (exact) mass is 418 g/mol. The van der Waals surface area contributed by atoms with Crippen molar-refractivity contribution in [3.05, 3.63) is 29.8 Å². The fraction of sp³-hybridized carbons (Fsp3) is 0.632. The fourth-order valence-corrected chi connectivity index (χ4v) is 5.33. The molecule has 2 saturated heterocycles. The number of alkyl halides is 3. The highest BCUT2D eigenvalue weighted by molar-refractivity contribution is 7.89. The number of benzene rings is 1. The third-order valence-corrected chi connectivity index (χ3v) is 7.39. The van der Waals surface area contributed by atoms with Crippen LogP contribution in [0.15, 0.2) is 29.2 Å². The first-order chi connectivity index (χ1) is 13.2. The van der Waals surface area contributed by atoms with Gasteiger partial charge in [0.2, 0.25) is 10.0 Å². The molecule has 1 amide bonds. The van der Waals surface area contributed by atoms with Gasteiger partial charge in [0.25, 0.3) is 5.91 Å². The average Bonchev–Trinajstić information content (AvgIpc) is 2.97. The first-order valence-electron chi connectivity index (χ1n) is 9.66. The maximum atomic E-state index is 13.0. The van der Waals surface area contributed by atoms with Crippen LogP contribution in [0.5, 0.6) is 0 Å². The van der Waals surface area contributed by atoms with Gasteiger partial charge < -0.3 is 4.90 Å². The SMILES string of the molecule is O=C(c1ccc(S(=O)(=O)N2CCCCCC2)cc1)N1CCC[C@H](C(F)(F)F)C1. The summed E-state index contributed by atoms with van der Waals surface area (Å²) in [5.41, 5.74) is 0.206. The van der Waals surface area contributed by atoms with Crippen LogP contribution in [0.3, 0.4) is 0 Å². The second-order valence-electron chi connectivity index (χ2n) is 7.47. The molecule has 0 saturated carbocycles. The first-order valence-corrected chi connectivity index (χ1v) is 11.1. The Morgan fingerprint density at radius 1 is 0.929 bits per heavy atom. The van der Waals surface area contributed by atoms with Crippen LogP contribution in [0.4, 0.5) is 13.2 Å². The Labute approximate surface area is 163 Å². The van der Waals surface area contributed by atoms with E-state index in [0.29, 0.717) is 19.5 Å². The molecule has 2 aliphatic rings. The van der Waals surface area contributed by atoms with E-state index in [1.807, 2.05) is 0 Å². The molecule has 0 aromatic heterocycles. The number of hydrogen-bond donors (Lipinski definition) is 0. The zero-order valence-corrected chi connectivity index (χ0v) is 16.4. The van der Waals surface area contributed by atoms with Crippen molar-refractivity contribution >= 4 is 15.9 Å². The highest BCUT2D eigenvalue weighted by Crippen LogP contribution is 2.33. The van der Waals surface area contributed by atoms with Gasteiger partial charge in [0, 0.05) is 31.7 Å². The summed E-state index contributed by atoms with van der Waals surface area (Å²) < 4.78 is 65.9. The highest BCUT2D eigenvalue weighted by atomic mass is 32.2. The van der Waals surface area contributed by atoms with Crippen molar-refractivity contribution in [2.24, 2.45) is 5.92 Å². The predicted octanol–water partition coefficient (Wildman–Crippen LogP) is 3.67. The summed E-state index contributed by atoms with van der Waals surface area (Å²) in [5.74, 6) is -2.00. The van der Waals surface area contributed by atoms with Crippen molar-refractivity contribution < 1.29 is 26.4 Å². The summed E-state index contributed by atoms with van der Waals surface area (Å²) in [4.78, 5) is 13.9. The zero-order valence-electron chi connectivity index (χ0n) is 15.6. The standard InChI is InChI=1S/C19H25F3N2O3S/c20-19(21,22)16-6-5-11-23(14-16)18(25)15-7-9-17(10-8-15)28(26,27)24-12-3-1-2-4-13-24/h7-10,16H,1-6,11-14H2/t16-/m0/s1. The molecule has 1 aromatic rings. The predicted molar refractivity (Wildman–Crippen MR) is 98.4 cm³/mol. The average molecular weight is 418 g/mol. The number of likely N-dealkylation sites (tertiary alicyclic amines) is 1. The fourth-order valence-electron chi connectivity index (χ4n) is 3.81. The summed E-state index contributed by atoms with van der Waals surface area (Å²) in [6.45, 7) is 0.890. The lowest BCUT2D eigenvalue weighted by molar-refractivity contribution is -0.184. The number of amides is 1. The van der Waals surface area contributed by atoms with Gasteiger partial charge in [-0.3, -0.25) is 4.79 Å². The second-order valence-corrected chi connectivity index (χ2v) is 9.41. The minimum absolute atomic E-state index is 0.0281. The molecule has 2 heterocycles. The Hall–Kier alpha value is -1.61. The Morgan fingerprint density at radius 3 is 2.11 bits per heavy atom. The van der Waals surface area contributed by atoms with Crippen LogP contribution in [0.25, 0.3) is 0 Å². The molecule has 1 atom stereocenters. The van der Waals surface area contributed by atoms with Crippen molar-refractivity contribution in [3.8, 4) is 0 Å². The molecule has 156 valence electrons. The molecule has 0 spiro atoms. The van der Waals surface area contributed by atoms with Gasteiger partial charge in [-0.2, -0.15) is 17.5 Å². The molecule has 0 N–H and O–H groups in total. The van der Waals surface area contributed by atoms with Gasteiger partial charge in [-0.25, -0.2) is 8.42 Å². The van der Waals surface area contributed by atoms with Crippen molar-refractivity contribution in [2.45, 2.75) is 49.6 Å². The quantitative estimate of drug-likeness (QED) is 0.753. The van der Waals surface area contributed by atoms with Crippen LogP contribution in [0.1, 0.15) is 48.9 Å². The summed E-state index contributed by atoms with van der Waals surface area (Å²) in [5, 5.41) is 0. The molecule has 0 aliphatic carbocycles. The second kappa shape index (κ2) is 8.41. The number of sulfonamides is 1. The number of piperidine rings is 1. The van der Waals surface area contributed by atoms with E-state index < -0.39 is 28.0 Å². The summed E-state index contributed by atoms with van der Waals surface area (Å²) in [6, 6.07) is 5.53. The van der Waals surface area contributed by atoms with Crippen LogP contribution in [0, 0.1) is 5.92 Å². The number of rotatable bonds is 3. The molecule has 3 rings (SSSR count). The van der Waals surface area contributed by atoms with Crippen LogP contribution < -0.4 is 0 Å². The lowest BCUT2D eigenvalue weighted by Crippen LogP contribution is -2.44. The molecule has 9 heteroatoms. The Kier molecular flexibility index (Phi) is 6.34. The molecule has 2 fully saturated rings. The Balaban J connectivity index is 1.72. The zero-order chi connectivity index (χ0) is 20.4. The Morgan fingerprint density at radius 2 is 1.54 bits per heavy atom. The first kappa shape index (κ1) is 21.1. The van der Waals surface area contributed by atoms with E-state index in [1.54, 1.807) is 0 Å². The summed E-state index contributed by atoms with van der Waals surface area (Å²) in [7, 11) is -3.62. The largest absolute Gasteiger partial charge is 0.393 e. The normalized spacial score (nSPS) is 22.7. The van der Waals surface area contributed by atoms with Crippen molar-refractivity contribution in [2.75, 3.05) is 26.2 Å². The lowest BCUT2D eigenvalue weighted by Gasteiger charge is -2.33. The molecule has 0 bridgehead atoms. The van der Waals surface area contributed by atoms with Gasteiger partial charge >= 0.3 is 6.18 Å². The topological polar surface area (TPSA) is 57.7 Å². The molecular formula is C19H25F3N2O3S. The van der Waals surface area contributed by atoms with Crippen LogP contribution in [-0.2, 0) is 10.0 Å². The molecular weight excluding hydrogens is 393 g/mol. The minimum atomic E-state index is -4.32. The smallest absolute Gasteiger partial charge is 0.338 e. The molecule has 28 heavy (non-hydrogen) atoms. The third-order valence-electron chi connectivity index (χ3n) is 5.48. The van der Waals surface area contributed by atoms with E-state index in [2.05, 4.69) is 0 Å². The molecule has 1 aromatic carbocycles. The van der Waals surface area contributed by atoms with Gasteiger partial charge in [0.15, 0.2) is 0 Å². The van der Waals surface area contributed by atoms with E-state index >= 15 is 0 Å². The van der Waals surface area contributed by atoms with Gasteiger partial charge in [0.05, 0.1) is 10.8 Å². The maximum Gasteiger partial charge on any atom is 0.393 e. The van der Waals surface area contributed by atoms with E-state index in [-0.39, 0.29) is 30.0 Å². The lowest BCUT2D eigenvalue weighted by atomic mass is 9.97. The number of carbonyl (C=O) groups excluding carboxylic acids is 1.